The zero-order valence-corrected chi connectivity index (χ0v) is 12.2. The Morgan fingerprint density at radius 2 is 1.05 bits per heavy atom. The smallest absolute Gasteiger partial charge is 0.550 e. The average Bonchev–Trinajstić information content (AvgIpc) is 2.16. The van der Waals surface area contributed by atoms with E-state index in [0.29, 0.717) is 0 Å². The molecule has 0 aromatic rings. The van der Waals surface area contributed by atoms with Crippen LogP contribution in [0.4, 0.5) is 0 Å². The molecule has 0 saturated heterocycles. The number of carboxylic acid groups (broad SMARTS) is 2. The van der Waals surface area contributed by atoms with Gasteiger partial charge in [0.05, 0.1) is 38.0 Å². The van der Waals surface area contributed by atoms with Crippen LogP contribution in [-0.2, 0) is 28.7 Å². The fourth-order valence-corrected chi connectivity index (χ4v) is 0.660. The van der Waals surface area contributed by atoms with Crippen LogP contribution in [-0.4, -0.2) is 60.1 Å². The van der Waals surface area contributed by atoms with Crippen LogP contribution in [0.2, 0.25) is 0 Å². The molecule has 0 spiro atoms. The van der Waals surface area contributed by atoms with Crippen molar-refractivity contribution in [2.24, 2.45) is 0 Å². The van der Waals surface area contributed by atoms with E-state index < -0.39 is 36.7 Å². The topological polar surface area (TPSA) is 133 Å². The molecule has 0 N–H and O–H groups in total. The van der Waals surface area contributed by atoms with Gasteiger partial charge in [0.25, 0.3) is 0 Å². The summed E-state index contributed by atoms with van der Waals surface area (Å²) in [7, 11) is 0. The predicted octanol–water partition coefficient (Wildman–Crippen LogP) is -3.00. The van der Waals surface area contributed by atoms with Crippen molar-refractivity contribution in [1.29, 1.82) is 0 Å². The van der Waals surface area contributed by atoms with Crippen molar-refractivity contribution < 1.29 is 38.9 Å². The fraction of sp³-hybridized carbons (Fsp3) is 0.600. The summed E-state index contributed by atoms with van der Waals surface area (Å²) in [6, 6.07) is 0. The van der Waals surface area contributed by atoms with E-state index in [1.165, 1.54) is 0 Å². The van der Waals surface area contributed by atoms with Crippen LogP contribution in [0.3, 0.4) is 0 Å². The number of rotatable bonds is 6. The maximum atomic E-state index is 10.2. The molecular formula is C10H14MgO8. The second-order valence-corrected chi connectivity index (χ2v) is 2.71. The Morgan fingerprint density at radius 1 is 0.789 bits per heavy atom. The quantitative estimate of drug-likeness (QED) is 0.286. The summed E-state index contributed by atoms with van der Waals surface area (Å²) >= 11 is 0. The van der Waals surface area contributed by atoms with E-state index in [1.807, 2.05) is 0 Å². The van der Waals surface area contributed by atoms with Gasteiger partial charge in [0, 0.05) is 0 Å². The molecule has 8 nitrogen and oxygen atoms in total. The number of hydrogen-bond donors (Lipinski definition) is 0. The Balaban J connectivity index is -0.000000256. The number of aliphatic carboxylic acids is 2. The van der Waals surface area contributed by atoms with Crippen molar-refractivity contribution in [3.05, 3.63) is 0 Å². The van der Waals surface area contributed by atoms with Gasteiger partial charge in [0.1, 0.15) is 0 Å². The van der Waals surface area contributed by atoms with E-state index in [-0.39, 0.29) is 36.3 Å². The molecule has 0 atom stereocenters. The normalized spacial score (nSPS) is 8.11. The third-order valence-electron chi connectivity index (χ3n) is 1.19. The van der Waals surface area contributed by atoms with E-state index >= 15 is 0 Å². The molecule has 0 radical (unpaired) electrons. The van der Waals surface area contributed by atoms with Crippen molar-refractivity contribution in [3.8, 4) is 0 Å². The first-order valence-electron chi connectivity index (χ1n) is 5.04. The molecule has 0 saturated carbocycles. The van der Waals surface area contributed by atoms with Crippen molar-refractivity contribution in [2.45, 2.75) is 26.7 Å². The molecule has 0 aliphatic carbocycles. The molecule has 0 aliphatic heterocycles. The minimum atomic E-state index is -1.41. The van der Waals surface area contributed by atoms with Crippen molar-refractivity contribution in [2.75, 3.05) is 13.2 Å². The van der Waals surface area contributed by atoms with Gasteiger partial charge in [-0.1, -0.05) is 0 Å². The summed E-state index contributed by atoms with van der Waals surface area (Å²) in [5.41, 5.74) is 0. The number of carbonyl (C=O) groups is 4. The Labute approximate surface area is 126 Å². The number of esters is 2. The van der Waals surface area contributed by atoms with Crippen LogP contribution in [0.5, 0.6) is 0 Å². The van der Waals surface area contributed by atoms with Gasteiger partial charge in [-0.2, -0.15) is 0 Å². The Morgan fingerprint density at radius 3 is 1.21 bits per heavy atom. The maximum absolute atomic E-state index is 10.2. The molecule has 0 aliphatic rings. The maximum Gasteiger partial charge on any atom is 2.00 e. The summed E-state index contributed by atoms with van der Waals surface area (Å²) < 4.78 is 8.59. The summed E-state index contributed by atoms with van der Waals surface area (Å²) in [6.07, 6.45) is -1.32. The van der Waals surface area contributed by atoms with E-state index in [1.54, 1.807) is 13.8 Å². The first-order valence-corrected chi connectivity index (χ1v) is 5.04. The molecule has 0 heterocycles. The fourth-order valence-electron chi connectivity index (χ4n) is 0.660. The van der Waals surface area contributed by atoms with Gasteiger partial charge in [-0.05, 0) is 13.8 Å². The van der Waals surface area contributed by atoms with E-state index in [2.05, 4.69) is 9.47 Å². The first kappa shape index (κ1) is 22.8. The molecule has 0 unspecified atom stereocenters. The van der Waals surface area contributed by atoms with Crippen LogP contribution in [0.25, 0.3) is 0 Å². The number of carbonyl (C=O) groups excluding carboxylic acids is 4. The zero-order chi connectivity index (χ0) is 14.6. The molecular weight excluding hydrogens is 272 g/mol. The van der Waals surface area contributed by atoms with Crippen LogP contribution in [0.1, 0.15) is 26.7 Å². The zero-order valence-electron chi connectivity index (χ0n) is 10.8. The Bertz CT molecular complexity index is 272. The molecule has 9 heteroatoms. The molecule has 104 valence electrons. The summed E-state index contributed by atoms with van der Waals surface area (Å²) in [4.78, 5) is 39.8. The van der Waals surface area contributed by atoms with Gasteiger partial charge in [-0.25, -0.2) is 0 Å². The number of ether oxygens (including phenoxy) is 2. The van der Waals surface area contributed by atoms with Gasteiger partial charge in [-0.15, -0.1) is 0 Å². The largest absolute Gasteiger partial charge is 2.00 e. The van der Waals surface area contributed by atoms with E-state index in [4.69, 9.17) is 0 Å². The van der Waals surface area contributed by atoms with Gasteiger partial charge in [-0.3, -0.25) is 9.59 Å². The van der Waals surface area contributed by atoms with Crippen LogP contribution in [0, 0.1) is 0 Å². The van der Waals surface area contributed by atoms with Crippen molar-refractivity contribution >= 4 is 46.9 Å². The Hall–Kier alpha value is -1.35. The second-order valence-electron chi connectivity index (χ2n) is 2.71. The van der Waals surface area contributed by atoms with Gasteiger partial charge in [0.2, 0.25) is 0 Å². The number of hydrogen-bond acceptors (Lipinski definition) is 8. The molecule has 0 aromatic heterocycles. The summed E-state index contributed by atoms with van der Waals surface area (Å²) in [5, 5.41) is 19.3. The Kier molecular flexibility index (Phi) is 17.6. The first-order chi connectivity index (χ1) is 8.33. The number of carboxylic acids is 2. The standard InChI is InChI=1S/2C5H8O4.Mg/c2*1-2-9-5(8)3-4(6)7;/h2*2-3H2,1H3,(H,6,7);/q;;+2/p-2. The van der Waals surface area contributed by atoms with Crippen molar-refractivity contribution in [3.63, 3.8) is 0 Å². The molecule has 0 rings (SSSR count). The van der Waals surface area contributed by atoms with Crippen LogP contribution in [0.15, 0.2) is 0 Å². The summed E-state index contributed by atoms with van der Waals surface area (Å²) in [5.74, 6) is -4.32. The van der Waals surface area contributed by atoms with Gasteiger partial charge >= 0.3 is 35.0 Å². The minimum Gasteiger partial charge on any atom is -0.550 e. The molecule has 0 bridgehead atoms. The third-order valence-corrected chi connectivity index (χ3v) is 1.19. The third kappa shape index (κ3) is 22.3. The van der Waals surface area contributed by atoms with Crippen LogP contribution < -0.4 is 10.2 Å². The second kappa shape index (κ2) is 14.7. The molecule has 0 amide bonds. The summed E-state index contributed by atoms with van der Waals surface area (Å²) in [6.45, 7) is 3.61. The van der Waals surface area contributed by atoms with E-state index in [0.717, 1.165) is 0 Å². The van der Waals surface area contributed by atoms with Crippen LogP contribution >= 0.6 is 0 Å². The van der Waals surface area contributed by atoms with Gasteiger partial charge < -0.3 is 29.3 Å². The molecule has 19 heavy (non-hydrogen) atoms. The van der Waals surface area contributed by atoms with Crippen molar-refractivity contribution in [1.82, 2.24) is 0 Å². The van der Waals surface area contributed by atoms with Gasteiger partial charge in [0.15, 0.2) is 0 Å². The van der Waals surface area contributed by atoms with E-state index in [9.17, 15) is 29.4 Å². The SMILES string of the molecule is CCOC(=O)CC(=O)[O-].CCOC(=O)CC(=O)[O-].[Mg+2]. The molecule has 0 aromatic carbocycles. The minimum absolute atomic E-state index is 0. The molecule has 0 fully saturated rings. The monoisotopic (exact) mass is 286 g/mol. The predicted molar refractivity (Wildman–Crippen MR) is 58.3 cm³/mol. The average molecular weight is 287 g/mol.